The third-order valence-corrected chi connectivity index (χ3v) is 3.67. The molecule has 0 heterocycles. The van der Waals surface area contributed by atoms with Crippen LogP contribution in [-0.2, 0) is 0 Å². The van der Waals surface area contributed by atoms with E-state index in [1.165, 1.54) is 6.07 Å². The normalized spacial score (nSPS) is 11.4. The molecule has 0 bridgehead atoms. The lowest BCUT2D eigenvalue weighted by atomic mass is 10.1. The van der Waals surface area contributed by atoms with Crippen LogP contribution in [0.1, 0.15) is 29.3 Å². The van der Waals surface area contributed by atoms with E-state index >= 15 is 0 Å². The summed E-state index contributed by atoms with van der Waals surface area (Å²) in [6.45, 7) is 1.76. The number of hydrogen-bond donors (Lipinski definition) is 2. The van der Waals surface area contributed by atoms with Gasteiger partial charge < -0.3 is 15.2 Å². The molecule has 6 heteroatoms. The van der Waals surface area contributed by atoms with Crippen molar-refractivity contribution < 1.29 is 14.6 Å². The maximum Gasteiger partial charge on any atom is 0.251 e. The summed E-state index contributed by atoms with van der Waals surface area (Å²) >= 11 is 5.86. The molecule has 0 saturated carbocycles. The second-order valence-electron chi connectivity index (χ2n) is 5.14. The summed E-state index contributed by atoms with van der Waals surface area (Å²) in [5, 5.41) is 21.5. The predicted octanol–water partition coefficient (Wildman–Crippen LogP) is 3.50. The van der Waals surface area contributed by atoms with Crippen molar-refractivity contribution >= 4 is 17.5 Å². The molecule has 0 aliphatic carbocycles. The van der Waals surface area contributed by atoms with Gasteiger partial charge in [0, 0.05) is 10.6 Å². The van der Waals surface area contributed by atoms with E-state index in [4.69, 9.17) is 21.6 Å². The van der Waals surface area contributed by atoms with E-state index in [2.05, 4.69) is 5.32 Å². The van der Waals surface area contributed by atoms with Crippen LogP contribution in [0.3, 0.4) is 0 Å². The van der Waals surface area contributed by atoms with E-state index in [9.17, 15) is 9.90 Å². The van der Waals surface area contributed by atoms with Crippen LogP contribution in [0.2, 0.25) is 5.02 Å². The Labute approximate surface area is 145 Å². The largest absolute Gasteiger partial charge is 0.456 e. The molecule has 1 atom stereocenters. The second-order valence-corrected chi connectivity index (χ2v) is 5.58. The maximum atomic E-state index is 12.2. The van der Waals surface area contributed by atoms with Gasteiger partial charge in [-0.25, -0.2) is 0 Å². The van der Waals surface area contributed by atoms with Crippen LogP contribution in [0.25, 0.3) is 0 Å². The van der Waals surface area contributed by atoms with Crippen LogP contribution in [0.5, 0.6) is 11.5 Å². The fourth-order valence-corrected chi connectivity index (χ4v) is 2.22. The number of carbonyl (C=O) groups is 1. The molecule has 2 aromatic carbocycles. The van der Waals surface area contributed by atoms with Crippen LogP contribution >= 0.6 is 11.6 Å². The number of nitriles is 1. The molecule has 0 spiro atoms. The molecule has 2 rings (SSSR count). The molecule has 0 saturated heterocycles. The highest BCUT2D eigenvalue weighted by atomic mass is 35.5. The molecule has 124 valence electrons. The fourth-order valence-electron chi connectivity index (χ4n) is 2.05. The van der Waals surface area contributed by atoms with Crippen LogP contribution in [0.4, 0.5) is 0 Å². The summed E-state index contributed by atoms with van der Waals surface area (Å²) < 4.78 is 5.69. The average Bonchev–Trinajstić information content (AvgIpc) is 2.61. The molecule has 1 amide bonds. The number of aliphatic hydroxyl groups is 1. The first-order valence-corrected chi connectivity index (χ1v) is 7.84. The van der Waals surface area contributed by atoms with Crippen LogP contribution in [0, 0.1) is 11.3 Å². The molecule has 0 aliphatic heterocycles. The van der Waals surface area contributed by atoms with Gasteiger partial charge in [0.05, 0.1) is 18.2 Å². The smallest absolute Gasteiger partial charge is 0.251 e. The number of benzene rings is 2. The number of amides is 1. The molecule has 1 unspecified atom stereocenters. The molecule has 2 N–H and O–H groups in total. The van der Waals surface area contributed by atoms with Crippen LogP contribution in [0.15, 0.2) is 42.5 Å². The number of ether oxygens (including phenoxy) is 1. The Hall–Kier alpha value is -2.55. The van der Waals surface area contributed by atoms with Crippen molar-refractivity contribution in [2.24, 2.45) is 0 Å². The number of nitrogens with one attached hydrogen (secondary N) is 1. The zero-order valence-corrected chi connectivity index (χ0v) is 13.9. The van der Waals surface area contributed by atoms with Crippen molar-refractivity contribution in [3.8, 4) is 17.6 Å². The van der Waals surface area contributed by atoms with Gasteiger partial charge >= 0.3 is 0 Å². The number of carbonyl (C=O) groups excluding carboxylic acids is 1. The number of nitrogens with zero attached hydrogens (tertiary/aromatic N) is 1. The van der Waals surface area contributed by atoms with Gasteiger partial charge in [0.25, 0.3) is 5.91 Å². The van der Waals surface area contributed by atoms with Gasteiger partial charge in [-0.3, -0.25) is 4.79 Å². The minimum Gasteiger partial charge on any atom is -0.456 e. The van der Waals surface area contributed by atoms with E-state index in [1.54, 1.807) is 36.4 Å². The first kappa shape index (κ1) is 17.8. The van der Waals surface area contributed by atoms with E-state index < -0.39 is 0 Å². The Morgan fingerprint density at radius 1 is 1.38 bits per heavy atom. The van der Waals surface area contributed by atoms with Crippen molar-refractivity contribution in [2.75, 3.05) is 6.61 Å². The van der Waals surface area contributed by atoms with E-state index in [-0.39, 0.29) is 18.6 Å². The minimum absolute atomic E-state index is 0.116. The summed E-state index contributed by atoms with van der Waals surface area (Å²) in [6.07, 6.45) is 0.634. The Bertz CT molecular complexity index is 767. The Kier molecular flexibility index (Phi) is 6.19. The summed E-state index contributed by atoms with van der Waals surface area (Å²) in [4.78, 5) is 12.2. The molecule has 24 heavy (non-hydrogen) atoms. The SMILES string of the molecule is CCC(CO)NC(=O)c1cccc(Oc2ccc(Cl)cc2C#N)c1. The summed E-state index contributed by atoms with van der Waals surface area (Å²) in [5.41, 5.74) is 0.718. The topological polar surface area (TPSA) is 82.3 Å². The standard InChI is InChI=1S/C18H17ClN2O3/c1-2-15(11-22)21-18(23)12-4-3-5-16(9-12)24-17-7-6-14(19)8-13(17)10-20/h3-9,15,22H,2,11H2,1H3,(H,21,23). The van der Waals surface area contributed by atoms with E-state index in [0.29, 0.717) is 34.1 Å². The number of hydrogen-bond acceptors (Lipinski definition) is 4. The molecule has 0 fully saturated rings. The van der Waals surface area contributed by atoms with Gasteiger partial charge in [-0.15, -0.1) is 0 Å². The molecule has 0 aromatic heterocycles. The lowest BCUT2D eigenvalue weighted by molar-refractivity contribution is 0.0914. The van der Waals surface area contributed by atoms with Gasteiger partial charge in [0.15, 0.2) is 0 Å². The number of rotatable bonds is 6. The monoisotopic (exact) mass is 344 g/mol. The second kappa shape index (κ2) is 8.34. The summed E-state index contributed by atoms with van der Waals surface area (Å²) in [6, 6.07) is 13.1. The Morgan fingerprint density at radius 3 is 2.83 bits per heavy atom. The summed E-state index contributed by atoms with van der Waals surface area (Å²) in [5.74, 6) is 0.498. The lowest BCUT2D eigenvalue weighted by Crippen LogP contribution is -2.36. The molecular weight excluding hydrogens is 328 g/mol. The zero-order chi connectivity index (χ0) is 17.5. The maximum absolute atomic E-state index is 12.2. The van der Waals surface area contributed by atoms with Crippen molar-refractivity contribution in [3.05, 3.63) is 58.6 Å². The van der Waals surface area contributed by atoms with E-state index in [1.807, 2.05) is 13.0 Å². The van der Waals surface area contributed by atoms with Crippen LogP contribution < -0.4 is 10.1 Å². The minimum atomic E-state index is -0.294. The van der Waals surface area contributed by atoms with Crippen LogP contribution in [-0.4, -0.2) is 23.7 Å². The van der Waals surface area contributed by atoms with Crippen molar-refractivity contribution in [2.45, 2.75) is 19.4 Å². The zero-order valence-electron chi connectivity index (χ0n) is 13.1. The third-order valence-electron chi connectivity index (χ3n) is 3.43. The van der Waals surface area contributed by atoms with Gasteiger partial charge in [0.2, 0.25) is 0 Å². The van der Waals surface area contributed by atoms with Gasteiger partial charge in [0.1, 0.15) is 17.6 Å². The fraction of sp³-hybridized carbons (Fsp3) is 0.222. The highest BCUT2D eigenvalue weighted by Crippen LogP contribution is 2.27. The van der Waals surface area contributed by atoms with Crippen molar-refractivity contribution in [1.82, 2.24) is 5.32 Å². The van der Waals surface area contributed by atoms with Gasteiger partial charge in [-0.1, -0.05) is 24.6 Å². The molecule has 0 aliphatic rings. The summed E-state index contributed by atoms with van der Waals surface area (Å²) in [7, 11) is 0. The Morgan fingerprint density at radius 2 is 2.17 bits per heavy atom. The van der Waals surface area contributed by atoms with Crippen molar-refractivity contribution in [3.63, 3.8) is 0 Å². The number of aliphatic hydroxyl groups excluding tert-OH is 1. The van der Waals surface area contributed by atoms with Gasteiger partial charge in [-0.2, -0.15) is 5.26 Å². The van der Waals surface area contributed by atoms with Gasteiger partial charge in [-0.05, 0) is 42.8 Å². The highest BCUT2D eigenvalue weighted by Gasteiger charge is 2.13. The lowest BCUT2D eigenvalue weighted by Gasteiger charge is -2.14. The third kappa shape index (κ3) is 4.48. The molecule has 0 radical (unpaired) electrons. The highest BCUT2D eigenvalue weighted by molar-refractivity contribution is 6.30. The molecule has 5 nitrogen and oxygen atoms in total. The predicted molar refractivity (Wildman–Crippen MR) is 91.3 cm³/mol. The average molecular weight is 345 g/mol. The first-order chi connectivity index (χ1) is 11.6. The molecular formula is C18H17ClN2O3. The van der Waals surface area contributed by atoms with E-state index in [0.717, 1.165) is 0 Å². The number of halogens is 1. The quantitative estimate of drug-likeness (QED) is 0.840. The Balaban J connectivity index is 2.19. The van der Waals surface area contributed by atoms with Crippen molar-refractivity contribution in [1.29, 1.82) is 5.26 Å². The first-order valence-electron chi connectivity index (χ1n) is 7.46. The molecule has 2 aromatic rings.